The zero-order chi connectivity index (χ0) is 12.6. The lowest BCUT2D eigenvalue weighted by atomic mass is 10.1. The second-order valence-corrected chi connectivity index (χ2v) is 4.15. The van der Waals surface area contributed by atoms with Crippen LogP contribution in [-0.4, -0.2) is 4.57 Å². The normalized spacial score (nSPS) is 11.8. The SMILES string of the molecule is Cc1cc(-n2ccc(C)c2)cc(C(F)(F)F)c1. The first-order chi connectivity index (χ1) is 7.86. The molecule has 0 bridgehead atoms. The lowest BCUT2D eigenvalue weighted by Crippen LogP contribution is -2.06. The molecule has 0 spiro atoms. The van der Waals surface area contributed by atoms with Crippen molar-refractivity contribution in [2.24, 2.45) is 0 Å². The second kappa shape index (κ2) is 3.95. The third-order valence-corrected chi connectivity index (χ3v) is 2.53. The molecule has 17 heavy (non-hydrogen) atoms. The van der Waals surface area contributed by atoms with Gasteiger partial charge in [0.05, 0.1) is 5.56 Å². The molecule has 0 aliphatic rings. The summed E-state index contributed by atoms with van der Waals surface area (Å²) in [7, 11) is 0. The summed E-state index contributed by atoms with van der Waals surface area (Å²) in [5, 5.41) is 0. The van der Waals surface area contributed by atoms with Crippen LogP contribution in [0.5, 0.6) is 0 Å². The van der Waals surface area contributed by atoms with Crippen LogP contribution in [0.2, 0.25) is 0 Å². The summed E-state index contributed by atoms with van der Waals surface area (Å²) >= 11 is 0. The molecular weight excluding hydrogens is 227 g/mol. The van der Waals surface area contributed by atoms with Gasteiger partial charge >= 0.3 is 6.18 Å². The number of benzene rings is 1. The highest BCUT2D eigenvalue weighted by atomic mass is 19.4. The standard InChI is InChI=1S/C13H12F3N/c1-9-3-4-17(8-9)12-6-10(2)5-11(7-12)13(14,15)16/h3-8H,1-2H3. The molecule has 0 amide bonds. The lowest BCUT2D eigenvalue weighted by molar-refractivity contribution is -0.137. The van der Waals surface area contributed by atoms with Gasteiger partial charge in [-0.1, -0.05) is 0 Å². The molecule has 0 radical (unpaired) electrons. The van der Waals surface area contributed by atoms with Crippen LogP contribution in [0.15, 0.2) is 36.7 Å². The van der Waals surface area contributed by atoms with Crippen molar-refractivity contribution in [2.75, 3.05) is 0 Å². The minimum Gasteiger partial charge on any atom is -0.324 e. The minimum absolute atomic E-state index is 0.533. The number of hydrogen-bond acceptors (Lipinski definition) is 0. The second-order valence-electron chi connectivity index (χ2n) is 4.15. The fraction of sp³-hybridized carbons (Fsp3) is 0.231. The number of aryl methyl sites for hydroxylation is 2. The summed E-state index contributed by atoms with van der Waals surface area (Å²) in [6, 6.07) is 5.90. The van der Waals surface area contributed by atoms with Crippen LogP contribution in [-0.2, 0) is 6.18 Å². The Kier molecular flexibility index (Phi) is 2.73. The molecule has 2 aromatic rings. The van der Waals surface area contributed by atoms with Crippen LogP contribution in [0.3, 0.4) is 0 Å². The quantitative estimate of drug-likeness (QED) is 0.705. The predicted octanol–water partition coefficient (Wildman–Crippen LogP) is 4.11. The summed E-state index contributed by atoms with van der Waals surface area (Å²) in [6.45, 7) is 3.56. The van der Waals surface area contributed by atoms with Gasteiger partial charge in [-0.2, -0.15) is 13.2 Å². The molecule has 0 unspecified atom stereocenters. The van der Waals surface area contributed by atoms with Crippen molar-refractivity contribution in [1.82, 2.24) is 4.57 Å². The Morgan fingerprint density at radius 1 is 1.00 bits per heavy atom. The Morgan fingerprint density at radius 3 is 2.24 bits per heavy atom. The van der Waals surface area contributed by atoms with Gasteiger partial charge in [0.1, 0.15) is 0 Å². The molecule has 2 rings (SSSR count). The Labute approximate surface area is 97.5 Å². The third-order valence-electron chi connectivity index (χ3n) is 2.53. The number of hydrogen-bond donors (Lipinski definition) is 0. The van der Waals surface area contributed by atoms with Gasteiger partial charge in [-0.3, -0.25) is 0 Å². The Bertz CT molecular complexity index is 538. The van der Waals surface area contributed by atoms with Crippen molar-refractivity contribution in [1.29, 1.82) is 0 Å². The molecule has 1 aromatic heterocycles. The van der Waals surface area contributed by atoms with E-state index in [-0.39, 0.29) is 0 Å². The minimum atomic E-state index is -4.30. The van der Waals surface area contributed by atoms with Gasteiger partial charge in [0.25, 0.3) is 0 Å². The van der Waals surface area contributed by atoms with Crippen molar-refractivity contribution in [3.05, 3.63) is 53.3 Å². The van der Waals surface area contributed by atoms with E-state index in [1.165, 1.54) is 0 Å². The average molecular weight is 239 g/mol. The van der Waals surface area contributed by atoms with E-state index in [1.807, 2.05) is 13.0 Å². The van der Waals surface area contributed by atoms with Crippen molar-refractivity contribution >= 4 is 0 Å². The molecule has 90 valence electrons. The van der Waals surface area contributed by atoms with Crippen LogP contribution in [0, 0.1) is 13.8 Å². The van der Waals surface area contributed by atoms with E-state index < -0.39 is 11.7 Å². The van der Waals surface area contributed by atoms with Crippen molar-refractivity contribution < 1.29 is 13.2 Å². The van der Waals surface area contributed by atoms with Crippen LogP contribution in [0.4, 0.5) is 13.2 Å². The largest absolute Gasteiger partial charge is 0.416 e. The summed E-state index contributed by atoms with van der Waals surface area (Å²) in [4.78, 5) is 0. The molecule has 1 nitrogen and oxygen atoms in total. The topological polar surface area (TPSA) is 4.93 Å². The Morgan fingerprint density at radius 2 is 1.71 bits per heavy atom. The van der Waals surface area contributed by atoms with Gasteiger partial charge < -0.3 is 4.57 Å². The van der Waals surface area contributed by atoms with Gasteiger partial charge in [0.15, 0.2) is 0 Å². The number of halogens is 3. The van der Waals surface area contributed by atoms with E-state index in [4.69, 9.17) is 0 Å². The number of nitrogens with zero attached hydrogens (tertiary/aromatic N) is 1. The predicted molar refractivity (Wildman–Crippen MR) is 60.2 cm³/mol. The third kappa shape index (κ3) is 2.52. The van der Waals surface area contributed by atoms with Gasteiger partial charge in [-0.15, -0.1) is 0 Å². The molecule has 0 N–H and O–H groups in total. The zero-order valence-corrected chi connectivity index (χ0v) is 9.55. The van der Waals surface area contributed by atoms with Crippen molar-refractivity contribution in [3.8, 4) is 5.69 Å². The first-order valence-electron chi connectivity index (χ1n) is 5.20. The highest BCUT2D eigenvalue weighted by Gasteiger charge is 2.30. The molecule has 0 atom stereocenters. The summed E-state index contributed by atoms with van der Waals surface area (Å²) in [5.74, 6) is 0. The van der Waals surface area contributed by atoms with Gasteiger partial charge in [0.2, 0.25) is 0 Å². The number of aromatic nitrogens is 1. The van der Waals surface area contributed by atoms with Crippen LogP contribution >= 0.6 is 0 Å². The maximum Gasteiger partial charge on any atom is 0.416 e. The maximum atomic E-state index is 12.7. The molecule has 0 aliphatic heterocycles. The first kappa shape index (κ1) is 11.8. The van der Waals surface area contributed by atoms with Crippen LogP contribution in [0.25, 0.3) is 5.69 Å². The van der Waals surface area contributed by atoms with E-state index in [2.05, 4.69) is 0 Å². The first-order valence-corrected chi connectivity index (χ1v) is 5.20. The number of alkyl halides is 3. The fourth-order valence-corrected chi connectivity index (χ4v) is 1.74. The van der Waals surface area contributed by atoms with Crippen molar-refractivity contribution in [2.45, 2.75) is 20.0 Å². The molecule has 0 saturated carbocycles. The molecular formula is C13H12F3N. The summed E-state index contributed by atoms with van der Waals surface area (Å²) < 4.78 is 39.7. The fourth-order valence-electron chi connectivity index (χ4n) is 1.74. The Balaban J connectivity index is 2.52. The van der Waals surface area contributed by atoms with E-state index in [0.29, 0.717) is 11.3 Å². The molecule has 0 saturated heterocycles. The molecule has 0 fully saturated rings. The van der Waals surface area contributed by atoms with E-state index in [9.17, 15) is 13.2 Å². The molecule has 0 aliphatic carbocycles. The molecule has 4 heteroatoms. The van der Waals surface area contributed by atoms with Gasteiger partial charge in [0, 0.05) is 18.1 Å². The summed E-state index contributed by atoms with van der Waals surface area (Å²) in [5.41, 5.74) is 1.53. The van der Waals surface area contributed by atoms with E-state index in [1.54, 1.807) is 30.0 Å². The monoisotopic (exact) mass is 239 g/mol. The average Bonchev–Trinajstić information content (AvgIpc) is 2.62. The van der Waals surface area contributed by atoms with Crippen molar-refractivity contribution in [3.63, 3.8) is 0 Å². The lowest BCUT2D eigenvalue weighted by Gasteiger charge is -2.11. The van der Waals surface area contributed by atoms with Crippen LogP contribution in [0.1, 0.15) is 16.7 Å². The van der Waals surface area contributed by atoms with Gasteiger partial charge in [-0.05, 0) is 49.2 Å². The number of rotatable bonds is 1. The summed E-state index contributed by atoms with van der Waals surface area (Å²) in [6.07, 6.45) is -0.748. The Hall–Kier alpha value is -1.71. The van der Waals surface area contributed by atoms with Gasteiger partial charge in [-0.25, -0.2) is 0 Å². The molecule has 1 heterocycles. The highest BCUT2D eigenvalue weighted by Crippen LogP contribution is 2.31. The highest BCUT2D eigenvalue weighted by molar-refractivity contribution is 5.42. The zero-order valence-electron chi connectivity index (χ0n) is 9.55. The smallest absolute Gasteiger partial charge is 0.324 e. The van der Waals surface area contributed by atoms with E-state index in [0.717, 1.165) is 17.7 Å². The molecule has 1 aromatic carbocycles. The van der Waals surface area contributed by atoms with Crippen LogP contribution < -0.4 is 0 Å². The maximum absolute atomic E-state index is 12.7. The van der Waals surface area contributed by atoms with E-state index >= 15 is 0 Å².